The summed E-state index contributed by atoms with van der Waals surface area (Å²) in [5.41, 5.74) is 1.47. The lowest BCUT2D eigenvalue weighted by Crippen LogP contribution is -2.11. The monoisotopic (exact) mass is 456 g/mol. The zero-order valence-electron chi connectivity index (χ0n) is 11.4. The molecule has 0 saturated carbocycles. The standard InChI is InChI=1S/C15H10Br2N2OS2/c1-8-13(22-15(18-8)12-3-2-6-21-12)14(20)19-11-7-9(16)4-5-10(11)17/h2-7H,1H3,(H,19,20). The van der Waals surface area contributed by atoms with E-state index in [1.165, 1.54) is 11.3 Å². The molecule has 22 heavy (non-hydrogen) atoms. The number of hydrogen-bond donors (Lipinski definition) is 1. The van der Waals surface area contributed by atoms with Crippen molar-refractivity contribution >= 4 is 66.1 Å². The summed E-state index contributed by atoms with van der Waals surface area (Å²) in [7, 11) is 0. The van der Waals surface area contributed by atoms with Crippen LogP contribution >= 0.6 is 54.5 Å². The fraction of sp³-hybridized carbons (Fsp3) is 0.0667. The zero-order chi connectivity index (χ0) is 15.7. The fourth-order valence-electron chi connectivity index (χ4n) is 1.89. The Bertz CT molecular complexity index is 828. The highest BCUT2D eigenvalue weighted by atomic mass is 79.9. The van der Waals surface area contributed by atoms with Crippen LogP contribution in [-0.2, 0) is 0 Å². The highest BCUT2D eigenvalue weighted by Crippen LogP contribution is 2.32. The number of carbonyl (C=O) groups is 1. The van der Waals surface area contributed by atoms with Crippen molar-refractivity contribution in [1.82, 2.24) is 4.98 Å². The Balaban J connectivity index is 1.88. The van der Waals surface area contributed by atoms with Gasteiger partial charge in [-0.3, -0.25) is 4.79 Å². The van der Waals surface area contributed by atoms with Crippen molar-refractivity contribution in [3.8, 4) is 9.88 Å². The van der Waals surface area contributed by atoms with Gasteiger partial charge < -0.3 is 5.32 Å². The summed E-state index contributed by atoms with van der Waals surface area (Å²) >= 11 is 9.88. The topological polar surface area (TPSA) is 42.0 Å². The van der Waals surface area contributed by atoms with Crippen molar-refractivity contribution in [2.45, 2.75) is 6.92 Å². The molecule has 0 aliphatic heterocycles. The van der Waals surface area contributed by atoms with Gasteiger partial charge in [0.15, 0.2) is 0 Å². The van der Waals surface area contributed by atoms with Gasteiger partial charge in [0.2, 0.25) is 0 Å². The van der Waals surface area contributed by atoms with Crippen LogP contribution in [0.15, 0.2) is 44.7 Å². The Morgan fingerprint density at radius 1 is 1.27 bits per heavy atom. The number of nitrogens with zero attached hydrogens (tertiary/aromatic N) is 1. The number of halogens is 2. The average molecular weight is 458 g/mol. The number of thiazole rings is 1. The quantitative estimate of drug-likeness (QED) is 0.527. The average Bonchev–Trinajstić information content (AvgIpc) is 3.11. The molecule has 0 aliphatic rings. The Morgan fingerprint density at radius 2 is 2.09 bits per heavy atom. The first-order valence-electron chi connectivity index (χ1n) is 6.32. The molecule has 0 radical (unpaired) electrons. The third-order valence-corrected chi connectivity index (χ3v) is 6.29. The van der Waals surface area contributed by atoms with Gasteiger partial charge in [-0.1, -0.05) is 22.0 Å². The number of aromatic nitrogens is 1. The highest BCUT2D eigenvalue weighted by molar-refractivity contribution is 9.11. The SMILES string of the molecule is Cc1nc(-c2cccs2)sc1C(=O)Nc1cc(Br)ccc1Br. The normalized spacial score (nSPS) is 10.7. The Hall–Kier alpha value is -1.02. The predicted molar refractivity (Wildman–Crippen MR) is 100.0 cm³/mol. The molecule has 3 nitrogen and oxygen atoms in total. The van der Waals surface area contributed by atoms with Crippen LogP contribution in [-0.4, -0.2) is 10.9 Å². The summed E-state index contributed by atoms with van der Waals surface area (Å²) in [6, 6.07) is 9.64. The van der Waals surface area contributed by atoms with E-state index in [2.05, 4.69) is 42.2 Å². The summed E-state index contributed by atoms with van der Waals surface area (Å²) in [4.78, 5) is 18.7. The van der Waals surface area contributed by atoms with E-state index in [0.29, 0.717) is 4.88 Å². The van der Waals surface area contributed by atoms with E-state index in [1.807, 2.05) is 42.6 Å². The van der Waals surface area contributed by atoms with Gasteiger partial charge in [-0.05, 0) is 52.5 Å². The van der Waals surface area contributed by atoms with Crippen LogP contribution in [0.5, 0.6) is 0 Å². The van der Waals surface area contributed by atoms with Gasteiger partial charge in [0.25, 0.3) is 5.91 Å². The minimum atomic E-state index is -0.142. The first-order chi connectivity index (χ1) is 10.5. The van der Waals surface area contributed by atoms with Crippen LogP contribution in [0.4, 0.5) is 5.69 Å². The van der Waals surface area contributed by atoms with E-state index in [-0.39, 0.29) is 5.91 Å². The molecule has 0 atom stereocenters. The van der Waals surface area contributed by atoms with Crippen LogP contribution in [0.3, 0.4) is 0 Å². The Morgan fingerprint density at radius 3 is 2.82 bits per heavy atom. The second kappa shape index (κ2) is 6.62. The largest absolute Gasteiger partial charge is 0.320 e. The molecule has 7 heteroatoms. The number of rotatable bonds is 3. The number of nitrogens with one attached hydrogen (secondary N) is 1. The van der Waals surface area contributed by atoms with E-state index < -0.39 is 0 Å². The van der Waals surface area contributed by atoms with Crippen molar-refractivity contribution in [3.05, 3.63) is 55.2 Å². The van der Waals surface area contributed by atoms with Gasteiger partial charge in [0.05, 0.1) is 16.3 Å². The lowest BCUT2D eigenvalue weighted by Gasteiger charge is -2.07. The molecule has 3 aromatic rings. The second-order valence-electron chi connectivity index (χ2n) is 4.49. The number of amides is 1. The number of hydrogen-bond acceptors (Lipinski definition) is 4. The Kier molecular flexibility index (Phi) is 4.77. The molecule has 1 N–H and O–H groups in total. The highest BCUT2D eigenvalue weighted by Gasteiger charge is 2.17. The van der Waals surface area contributed by atoms with Crippen molar-refractivity contribution in [1.29, 1.82) is 0 Å². The predicted octanol–water partition coefficient (Wildman–Crippen LogP) is 5.96. The molecule has 3 rings (SSSR count). The molecule has 0 saturated heterocycles. The van der Waals surface area contributed by atoms with Crippen LogP contribution in [0.2, 0.25) is 0 Å². The maximum atomic E-state index is 12.5. The van der Waals surface area contributed by atoms with E-state index in [4.69, 9.17) is 0 Å². The fourth-order valence-corrected chi connectivity index (χ4v) is 4.35. The third kappa shape index (κ3) is 3.32. The summed E-state index contributed by atoms with van der Waals surface area (Å²) < 4.78 is 1.75. The van der Waals surface area contributed by atoms with E-state index >= 15 is 0 Å². The van der Waals surface area contributed by atoms with Gasteiger partial charge in [0, 0.05) is 8.95 Å². The molecule has 2 aromatic heterocycles. The number of aryl methyl sites for hydroxylation is 1. The van der Waals surface area contributed by atoms with E-state index in [1.54, 1.807) is 11.3 Å². The van der Waals surface area contributed by atoms with Crippen molar-refractivity contribution in [2.24, 2.45) is 0 Å². The molecular weight excluding hydrogens is 448 g/mol. The molecule has 1 aromatic carbocycles. The number of anilines is 1. The first-order valence-corrected chi connectivity index (χ1v) is 9.60. The lowest BCUT2D eigenvalue weighted by molar-refractivity contribution is 0.102. The molecule has 0 unspecified atom stereocenters. The Labute approximate surface area is 152 Å². The lowest BCUT2D eigenvalue weighted by atomic mass is 10.3. The maximum absolute atomic E-state index is 12.5. The molecule has 112 valence electrons. The van der Waals surface area contributed by atoms with Gasteiger partial charge in [-0.25, -0.2) is 4.98 Å². The molecule has 0 fully saturated rings. The summed E-state index contributed by atoms with van der Waals surface area (Å²) in [6.45, 7) is 1.86. The smallest absolute Gasteiger partial charge is 0.267 e. The minimum Gasteiger partial charge on any atom is -0.320 e. The molecule has 0 spiro atoms. The van der Waals surface area contributed by atoms with Crippen LogP contribution in [0.25, 0.3) is 9.88 Å². The molecular formula is C15H10Br2N2OS2. The van der Waals surface area contributed by atoms with Gasteiger partial charge in [0.1, 0.15) is 9.88 Å². The van der Waals surface area contributed by atoms with Crippen LogP contribution in [0.1, 0.15) is 15.4 Å². The molecule has 0 aliphatic carbocycles. The summed E-state index contributed by atoms with van der Waals surface area (Å²) in [5, 5.41) is 5.81. The van der Waals surface area contributed by atoms with Gasteiger partial charge in [-0.15, -0.1) is 22.7 Å². The molecule has 2 heterocycles. The minimum absolute atomic E-state index is 0.142. The third-order valence-electron chi connectivity index (χ3n) is 2.91. The maximum Gasteiger partial charge on any atom is 0.267 e. The van der Waals surface area contributed by atoms with Crippen molar-refractivity contribution in [3.63, 3.8) is 0 Å². The zero-order valence-corrected chi connectivity index (χ0v) is 16.2. The second-order valence-corrected chi connectivity index (χ2v) is 8.21. The van der Waals surface area contributed by atoms with E-state index in [9.17, 15) is 4.79 Å². The van der Waals surface area contributed by atoms with Crippen LogP contribution in [0, 0.1) is 6.92 Å². The summed E-state index contributed by atoms with van der Waals surface area (Å²) in [5.74, 6) is -0.142. The van der Waals surface area contributed by atoms with Crippen molar-refractivity contribution < 1.29 is 4.79 Å². The van der Waals surface area contributed by atoms with Crippen molar-refractivity contribution in [2.75, 3.05) is 5.32 Å². The number of benzene rings is 1. The van der Waals surface area contributed by atoms with E-state index in [0.717, 1.165) is 30.2 Å². The summed E-state index contributed by atoms with van der Waals surface area (Å²) in [6.07, 6.45) is 0. The van der Waals surface area contributed by atoms with Crippen LogP contribution < -0.4 is 5.32 Å². The first kappa shape index (κ1) is 15.9. The molecule has 0 bridgehead atoms. The van der Waals surface area contributed by atoms with Gasteiger partial charge >= 0.3 is 0 Å². The number of thiophene rings is 1. The van der Waals surface area contributed by atoms with Gasteiger partial charge in [-0.2, -0.15) is 0 Å². The molecule has 1 amide bonds. The number of carbonyl (C=O) groups excluding carboxylic acids is 1.